The molecule has 1 N–H and O–H groups in total. The molecule has 9 nitrogen and oxygen atoms in total. The van der Waals surface area contributed by atoms with Crippen LogP contribution in [0.15, 0.2) is 97.2 Å². The van der Waals surface area contributed by atoms with Crippen LogP contribution >= 0.6 is 7.82 Å². The Morgan fingerprint density at radius 1 is 0.390 bits per heavy atom. The summed E-state index contributed by atoms with van der Waals surface area (Å²) in [6.07, 6.45) is 86.8. The lowest BCUT2D eigenvalue weighted by Gasteiger charge is -2.24. The monoisotopic (exact) mass is 1170 g/mol. The van der Waals surface area contributed by atoms with Crippen LogP contribution in [0.1, 0.15) is 296 Å². The van der Waals surface area contributed by atoms with Crippen molar-refractivity contribution in [3.05, 3.63) is 97.2 Å². The summed E-state index contributed by atoms with van der Waals surface area (Å²) in [7, 11) is 1.44. The average molecular weight is 1170 g/mol. The van der Waals surface area contributed by atoms with E-state index in [4.69, 9.17) is 18.5 Å². The van der Waals surface area contributed by atoms with Gasteiger partial charge in [-0.25, -0.2) is 4.57 Å². The van der Waals surface area contributed by atoms with Crippen molar-refractivity contribution in [1.82, 2.24) is 0 Å². The molecule has 0 saturated carbocycles. The third-order valence-electron chi connectivity index (χ3n) is 14.6. The molecule has 0 aliphatic heterocycles. The fourth-order valence-electron chi connectivity index (χ4n) is 9.41. The van der Waals surface area contributed by atoms with Crippen molar-refractivity contribution >= 4 is 19.8 Å². The van der Waals surface area contributed by atoms with Gasteiger partial charge in [-0.2, -0.15) is 0 Å². The van der Waals surface area contributed by atoms with Gasteiger partial charge in [0, 0.05) is 12.8 Å². The largest absolute Gasteiger partial charge is 0.472 e. The summed E-state index contributed by atoms with van der Waals surface area (Å²) in [5, 5.41) is 0. The number of phosphoric acid groups is 1. The lowest BCUT2D eigenvalue weighted by Crippen LogP contribution is -2.37. The number of allylic oxidation sites excluding steroid dienone is 16. The highest BCUT2D eigenvalue weighted by molar-refractivity contribution is 7.47. The number of likely N-dealkylation sites (N-methyl/N-ethyl adjacent to an activating group) is 1. The van der Waals surface area contributed by atoms with E-state index in [-0.39, 0.29) is 32.0 Å². The van der Waals surface area contributed by atoms with Crippen LogP contribution in [-0.4, -0.2) is 74.9 Å². The van der Waals surface area contributed by atoms with Crippen LogP contribution in [0.2, 0.25) is 0 Å². The van der Waals surface area contributed by atoms with Gasteiger partial charge in [0.05, 0.1) is 27.7 Å². The first-order valence-corrected chi connectivity index (χ1v) is 35.5. The molecular formula is C72H129NO8P+. The molecule has 0 spiro atoms. The van der Waals surface area contributed by atoms with Crippen LogP contribution in [-0.2, 0) is 32.7 Å². The van der Waals surface area contributed by atoms with Crippen molar-refractivity contribution in [2.45, 2.75) is 302 Å². The number of nitrogens with zero attached hydrogens (tertiary/aromatic N) is 1. The molecule has 10 heteroatoms. The minimum atomic E-state index is -4.41. The Morgan fingerprint density at radius 2 is 0.707 bits per heavy atom. The molecule has 0 rings (SSSR count). The number of quaternary nitrogens is 1. The minimum absolute atomic E-state index is 0.0172. The number of rotatable bonds is 62. The Balaban J connectivity index is 4.07. The van der Waals surface area contributed by atoms with Crippen LogP contribution in [0.3, 0.4) is 0 Å². The molecule has 0 fully saturated rings. The van der Waals surface area contributed by atoms with E-state index in [2.05, 4.69) is 111 Å². The predicted octanol–water partition coefficient (Wildman–Crippen LogP) is 21.9. The average Bonchev–Trinajstić information content (AvgIpc) is 3.46. The van der Waals surface area contributed by atoms with E-state index in [9.17, 15) is 19.0 Å². The molecule has 0 radical (unpaired) electrons. The zero-order valence-electron chi connectivity index (χ0n) is 54.0. The normalized spacial score (nSPS) is 13.8. The Morgan fingerprint density at radius 3 is 1.09 bits per heavy atom. The second kappa shape index (κ2) is 62.5. The van der Waals surface area contributed by atoms with Gasteiger partial charge in [-0.3, -0.25) is 18.6 Å². The number of hydrogen-bond acceptors (Lipinski definition) is 7. The molecule has 82 heavy (non-hydrogen) atoms. The zero-order chi connectivity index (χ0) is 59.8. The Labute approximate surface area is 506 Å². The molecule has 2 unspecified atom stereocenters. The molecule has 0 aliphatic carbocycles. The van der Waals surface area contributed by atoms with E-state index in [1.807, 2.05) is 21.1 Å². The maximum atomic E-state index is 12.8. The van der Waals surface area contributed by atoms with Gasteiger partial charge in [0.2, 0.25) is 0 Å². The van der Waals surface area contributed by atoms with E-state index >= 15 is 0 Å². The maximum absolute atomic E-state index is 12.8. The molecule has 0 amide bonds. The summed E-state index contributed by atoms with van der Waals surface area (Å²) in [5.41, 5.74) is 0. The number of esters is 2. The molecule has 0 aromatic rings. The quantitative estimate of drug-likeness (QED) is 0.0211. The van der Waals surface area contributed by atoms with Gasteiger partial charge in [-0.15, -0.1) is 0 Å². The highest BCUT2D eigenvalue weighted by Crippen LogP contribution is 2.43. The summed E-state index contributed by atoms with van der Waals surface area (Å²) < 4.78 is 34.6. The van der Waals surface area contributed by atoms with Crippen LogP contribution in [0.4, 0.5) is 0 Å². The molecular weight excluding hydrogens is 1040 g/mol. The third-order valence-corrected chi connectivity index (χ3v) is 15.6. The lowest BCUT2D eigenvalue weighted by atomic mass is 10.0. The number of carbonyl (C=O) groups excluding carboxylic acids is 2. The van der Waals surface area contributed by atoms with Crippen LogP contribution in [0, 0.1) is 0 Å². The smallest absolute Gasteiger partial charge is 0.462 e. The Hall–Kier alpha value is -3.07. The van der Waals surface area contributed by atoms with Crippen LogP contribution in [0.25, 0.3) is 0 Å². The SMILES string of the molecule is CC/C=C\C/C=C\C/C=C\C/C=C\C/C=C\C/C=C\C/C=C\CCCC(=O)OC(COC(=O)CCCCCCCCCCCCCCCCCCCCCCCCC/C=C\CCCCCCCCCC)COP(=O)(O)OCC[N+](C)(C)C. The van der Waals surface area contributed by atoms with Gasteiger partial charge in [0.15, 0.2) is 6.10 Å². The predicted molar refractivity (Wildman–Crippen MR) is 353 cm³/mol. The number of ether oxygens (including phenoxy) is 2. The third kappa shape index (κ3) is 66.1. The van der Waals surface area contributed by atoms with Crippen LogP contribution in [0.5, 0.6) is 0 Å². The molecule has 0 saturated heterocycles. The highest BCUT2D eigenvalue weighted by atomic mass is 31.2. The summed E-state index contributed by atoms with van der Waals surface area (Å²) >= 11 is 0. The second-order valence-corrected chi connectivity index (χ2v) is 25.3. The number of unbranched alkanes of at least 4 members (excludes halogenated alkanes) is 32. The summed E-state index contributed by atoms with van der Waals surface area (Å²) in [4.78, 5) is 35.8. The Bertz CT molecular complexity index is 1710. The van der Waals surface area contributed by atoms with Gasteiger partial charge in [0.1, 0.15) is 19.8 Å². The van der Waals surface area contributed by atoms with E-state index in [1.165, 1.54) is 193 Å². The molecule has 0 bridgehead atoms. The molecule has 474 valence electrons. The van der Waals surface area contributed by atoms with Gasteiger partial charge in [-0.1, -0.05) is 291 Å². The van der Waals surface area contributed by atoms with Gasteiger partial charge in [-0.05, 0) is 89.9 Å². The van der Waals surface area contributed by atoms with E-state index in [0.29, 0.717) is 23.9 Å². The molecule has 0 heterocycles. The maximum Gasteiger partial charge on any atom is 0.472 e. The van der Waals surface area contributed by atoms with Crippen LogP contribution < -0.4 is 0 Å². The highest BCUT2D eigenvalue weighted by Gasteiger charge is 2.27. The summed E-state index contributed by atoms with van der Waals surface area (Å²) in [6.45, 7) is 4.27. The van der Waals surface area contributed by atoms with Crippen molar-refractivity contribution in [2.24, 2.45) is 0 Å². The number of phosphoric ester groups is 1. The second-order valence-electron chi connectivity index (χ2n) is 23.8. The van der Waals surface area contributed by atoms with Crippen molar-refractivity contribution < 1.29 is 42.1 Å². The van der Waals surface area contributed by atoms with Crippen molar-refractivity contribution in [2.75, 3.05) is 47.5 Å². The fourth-order valence-corrected chi connectivity index (χ4v) is 10.2. The summed E-state index contributed by atoms with van der Waals surface area (Å²) in [5.74, 6) is -0.863. The first-order chi connectivity index (χ1) is 40.0. The fraction of sp³-hybridized carbons (Fsp3) is 0.750. The topological polar surface area (TPSA) is 108 Å². The first kappa shape index (κ1) is 78.9. The zero-order valence-corrected chi connectivity index (χ0v) is 54.8. The van der Waals surface area contributed by atoms with E-state index in [1.54, 1.807) is 0 Å². The molecule has 0 aromatic heterocycles. The summed E-state index contributed by atoms with van der Waals surface area (Å²) in [6, 6.07) is 0. The molecule has 0 aliphatic rings. The van der Waals surface area contributed by atoms with E-state index in [0.717, 1.165) is 64.2 Å². The number of carbonyl (C=O) groups is 2. The van der Waals surface area contributed by atoms with Crippen molar-refractivity contribution in [3.63, 3.8) is 0 Å². The lowest BCUT2D eigenvalue weighted by molar-refractivity contribution is -0.870. The molecule has 0 aromatic carbocycles. The van der Waals surface area contributed by atoms with Gasteiger partial charge < -0.3 is 18.9 Å². The van der Waals surface area contributed by atoms with E-state index < -0.39 is 26.5 Å². The van der Waals surface area contributed by atoms with Gasteiger partial charge in [0.25, 0.3) is 0 Å². The standard InChI is InChI=1S/C72H128NO8P/c1-6-8-10-12-14-16-18-20-22-24-26-28-30-31-32-33-34-35-36-37-38-39-40-41-43-44-46-48-50-52-54-56-58-60-62-64-71(74)78-68-70(69-80-82(76,77)79-67-66-73(3,4)5)81-72(75)65-63-61-59-57-55-53-51-49-47-45-42-29-27-25-23-21-19-17-15-13-11-9-7-2/h9,11,15,17,21,23-24,26-27,29,45,47,51,53,57,59,70H,6-8,10,12-14,16,18-20,22,25,28,30-44,46,48-50,52,54-56,58,60-69H2,1-5H3/p+1/b11-9-,17-15-,23-21-,26-24-,29-27-,47-45-,53-51-,59-57-. The molecule has 2 atom stereocenters. The number of hydrogen-bond donors (Lipinski definition) is 1. The van der Waals surface area contributed by atoms with Crippen molar-refractivity contribution in [3.8, 4) is 0 Å². The minimum Gasteiger partial charge on any atom is -0.462 e. The van der Waals surface area contributed by atoms with Crippen molar-refractivity contribution in [1.29, 1.82) is 0 Å². The van der Waals surface area contributed by atoms with Gasteiger partial charge >= 0.3 is 19.8 Å². The first-order valence-electron chi connectivity index (χ1n) is 34.0. The Kier molecular flexibility index (Phi) is 60.1.